The number of aromatic nitrogens is 2. The van der Waals surface area contributed by atoms with Gasteiger partial charge in [0.15, 0.2) is 5.13 Å². The number of hydrogen-bond donors (Lipinski definition) is 1. The second kappa shape index (κ2) is 8.79. The van der Waals surface area contributed by atoms with Crippen molar-refractivity contribution >= 4 is 28.3 Å². The molecule has 7 nitrogen and oxygen atoms in total. The molecule has 0 aliphatic carbocycles. The first-order valence-electron chi connectivity index (χ1n) is 9.86. The number of carbonyl (C=O) groups excluding carboxylic acids is 2. The molecule has 2 aliphatic rings. The van der Waals surface area contributed by atoms with E-state index in [0.29, 0.717) is 17.2 Å². The zero-order valence-corrected chi connectivity index (χ0v) is 16.7. The van der Waals surface area contributed by atoms with Gasteiger partial charge in [-0.05, 0) is 44.4 Å². The number of hydrogen-bond acceptors (Lipinski definition) is 6. The normalized spacial score (nSPS) is 20.3. The van der Waals surface area contributed by atoms with Gasteiger partial charge in [0.2, 0.25) is 5.91 Å². The smallest absolute Gasteiger partial charge is 0.255 e. The molecule has 8 heteroatoms. The molecule has 2 aromatic rings. The quantitative estimate of drug-likeness (QED) is 0.836. The fourth-order valence-corrected chi connectivity index (χ4v) is 4.51. The number of likely N-dealkylation sites (tertiary alicyclic amines) is 2. The van der Waals surface area contributed by atoms with Crippen LogP contribution in [0.4, 0.5) is 5.13 Å². The average Bonchev–Trinajstić information content (AvgIpc) is 3.42. The van der Waals surface area contributed by atoms with E-state index in [9.17, 15) is 9.59 Å². The van der Waals surface area contributed by atoms with Crippen molar-refractivity contribution < 1.29 is 9.59 Å². The van der Waals surface area contributed by atoms with Gasteiger partial charge in [-0.1, -0.05) is 0 Å². The minimum atomic E-state index is -0.0323. The van der Waals surface area contributed by atoms with Gasteiger partial charge >= 0.3 is 0 Å². The first-order chi connectivity index (χ1) is 13.7. The van der Waals surface area contributed by atoms with Crippen LogP contribution in [0.2, 0.25) is 0 Å². The van der Waals surface area contributed by atoms with Crippen molar-refractivity contribution in [3.05, 3.63) is 41.2 Å². The molecule has 0 radical (unpaired) electrons. The van der Waals surface area contributed by atoms with Gasteiger partial charge in [0, 0.05) is 49.0 Å². The molecule has 2 fully saturated rings. The van der Waals surface area contributed by atoms with Crippen molar-refractivity contribution in [2.75, 3.05) is 38.0 Å². The van der Waals surface area contributed by atoms with E-state index in [0.717, 1.165) is 57.6 Å². The van der Waals surface area contributed by atoms with Crippen LogP contribution in [0.1, 0.15) is 47.7 Å². The molecule has 28 heavy (non-hydrogen) atoms. The maximum Gasteiger partial charge on any atom is 0.255 e. The largest absolute Gasteiger partial charge is 0.339 e. The molecule has 4 rings (SSSR count). The highest BCUT2D eigenvalue weighted by Gasteiger charge is 2.25. The zero-order chi connectivity index (χ0) is 19.3. The van der Waals surface area contributed by atoms with E-state index < -0.39 is 0 Å². The lowest BCUT2D eigenvalue weighted by molar-refractivity contribution is -0.117. The van der Waals surface area contributed by atoms with Gasteiger partial charge in [0.05, 0.1) is 12.1 Å². The summed E-state index contributed by atoms with van der Waals surface area (Å²) < 4.78 is 0. The van der Waals surface area contributed by atoms with Crippen LogP contribution in [-0.2, 0) is 4.79 Å². The molecule has 0 spiro atoms. The maximum atomic E-state index is 12.5. The summed E-state index contributed by atoms with van der Waals surface area (Å²) in [5.41, 5.74) is 1.67. The van der Waals surface area contributed by atoms with Crippen molar-refractivity contribution in [3.63, 3.8) is 0 Å². The lowest BCUT2D eigenvalue weighted by atomic mass is 9.94. The summed E-state index contributed by atoms with van der Waals surface area (Å²) in [4.78, 5) is 37.4. The number of anilines is 1. The van der Waals surface area contributed by atoms with E-state index in [1.807, 2.05) is 22.4 Å². The van der Waals surface area contributed by atoms with Gasteiger partial charge in [-0.25, -0.2) is 4.98 Å². The Balaban J connectivity index is 1.33. The van der Waals surface area contributed by atoms with E-state index in [1.165, 1.54) is 11.3 Å². The Morgan fingerprint density at radius 2 is 2.00 bits per heavy atom. The Morgan fingerprint density at radius 3 is 2.71 bits per heavy atom. The van der Waals surface area contributed by atoms with Crippen LogP contribution in [0.5, 0.6) is 0 Å². The second-order valence-corrected chi connectivity index (χ2v) is 8.33. The Labute approximate surface area is 168 Å². The highest BCUT2D eigenvalue weighted by molar-refractivity contribution is 7.13. The summed E-state index contributed by atoms with van der Waals surface area (Å²) in [6.45, 7) is 3.77. The van der Waals surface area contributed by atoms with E-state index >= 15 is 0 Å². The van der Waals surface area contributed by atoms with Gasteiger partial charge in [-0.3, -0.25) is 19.5 Å². The summed E-state index contributed by atoms with van der Waals surface area (Å²) in [5, 5.41) is 5.32. The van der Waals surface area contributed by atoms with E-state index in [2.05, 4.69) is 20.2 Å². The molecule has 0 bridgehead atoms. The molecule has 0 aromatic carbocycles. The SMILES string of the molecule is O=C(CN1CCCC(c2ccc(C(=O)N3CCCC3)cn2)C1)Nc1nccs1. The Kier molecular flexibility index (Phi) is 5.97. The Hall–Kier alpha value is -2.32. The highest BCUT2D eigenvalue weighted by Crippen LogP contribution is 2.26. The molecule has 2 aromatic heterocycles. The third-order valence-corrected chi connectivity index (χ3v) is 6.08. The summed E-state index contributed by atoms with van der Waals surface area (Å²) in [5.74, 6) is 0.341. The number of nitrogens with one attached hydrogen (secondary N) is 1. The van der Waals surface area contributed by atoms with Gasteiger partial charge < -0.3 is 10.2 Å². The molecule has 0 saturated carbocycles. The van der Waals surface area contributed by atoms with Crippen LogP contribution in [-0.4, -0.2) is 64.3 Å². The molecular formula is C20H25N5O2S. The third-order valence-electron chi connectivity index (χ3n) is 5.40. The fraction of sp³-hybridized carbons (Fsp3) is 0.500. The molecule has 1 N–H and O–H groups in total. The lowest BCUT2D eigenvalue weighted by Crippen LogP contribution is -2.40. The molecule has 2 amide bonds. The predicted molar refractivity (Wildman–Crippen MR) is 109 cm³/mol. The van der Waals surface area contributed by atoms with E-state index in [4.69, 9.17) is 0 Å². The fourth-order valence-electron chi connectivity index (χ4n) is 3.96. The van der Waals surface area contributed by atoms with Crippen molar-refractivity contribution in [3.8, 4) is 0 Å². The predicted octanol–water partition coefficient (Wildman–Crippen LogP) is 2.59. The molecule has 148 valence electrons. The van der Waals surface area contributed by atoms with E-state index in [-0.39, 0.29) is 17.7 Å². The maximum absolute atomic E-state index is 12.5. The number of pyridine rings is 1. The minimum absolute atomic E-state index is 0.0323. The summed E-state index contributed by atoms with van der Waals surface area (Å²) >= 11 is 1.42. The van der Waals surface area contributed by atoms with Crippen molar-refractivity contribution in [1.29, 1.82) is 0 Å². The standard InChI is InChI=1S/C20H25N5O2S/c26-18(23-20-21-7-11-28-20)14-24-8-3-4-16(13-24)17-6-5-15(12-22-17)19(27)25-9-1-2-10-25/h5-7,11-12,16H,1-4,8-10,13-14H2,(H,21,23,26). The number of piperidine rings is 1. The molecule has 1 unspecified atom stereocenters. The van der Waals surface area contributed by atoms with Crippen LogP contribution >= 0.6 is 11.3 Å². The number of thiazole rings is 1. The first-order valence-corrected chi connectivity index (χ1v) is 10.7. The molecular weight excluding hydrogens is 374 g/mol. The number of nitrogens with zero attached hydrogens (tertiary/aromatic N) is 4. The van der Waals surface area contributed by atoms with Gasteiger partial charge in [0.25, 0.3) is 5.91 Å². The third kappa shape index (κ3) is 4.56. The molecule has 1 atom stereocenters. The zero-order valence-electron chi connectivity index (χ0n) is 15.8. The minimum Gasteiger partial charge on any atom is -0.339 e. The first kappa shape index (κ1) is 19.0. The number of carbonyl (C=O) groups is 2. The number of amides is 2. The van der Waals surface area contributed by atoms with Gasteiger partial charge in [-0.2, -0.15) is 0 Å². The van der Waals surface area contributed by atoms with Crippen molar-refractivity contribution in [2.45, 2.75) is 31.6 Å². The van der Waals surface area contributed by atoms with Crippen LogP contribution in [0.3, 0.4) is 0 Å². The number of rotatable bonds is 5. The van der Waals surface area contributed by atoms with E-state index in [1.54, 1.807) is 12.4 Å². The van der Waals surface area contributed by atoms with Gasteiger partial charge in [-0.15, -0.1) is 11.3 Å². The topological polar surface area (TPSA) is 78.4 Å². The van der Waals surface area contributed by atoms with Crippen molar-refractivity contribution in [2.24, 2.45) is 0 Å². The van der Waals surface area contributed by atoms with Crippen LogP contribution < -0.4 is 5.32 Å². The van der Waals surface area contributed by atoms with Gasteiger partial charge in [0.1, 0.15) is 0 Å². The molecule has 2 aliphatic heterocycles. The molecule has 2 saturated heterocycles. The molecule has 4 heterocycles. The summed E-state index contributed by atoms with van der Waals surface area (Å²) in [6.07, 6.45) is 7.66. The van der Waals surface area contributed by atoms with Crippen LogP contribution in [0.25, 0.3) is 0 Å². The van der Waals surface area contributed by atoms with Crippen LogP contribution in [0, 0.1) is 0 Å². The lowest BCUT2D eigenvalue weighted by Gasteiger charge is -2.31. The Bertz CT molecular complexity index is 803. The average molecular weight is 400 g/mol. The highest BCUT2D eigenvalue weighted by atomic mass is 32.1. The summed E-state index contributed by atoms with van der Waals surface area (Å²) in [6, 6.07) is 3.88. The Morgan fingerprint density at radius 1 is 1.14 bits per heavy atom. The monoisotopic (exact) mass is 399 g/mol. The second-order valence-electron chi connectivity index (χ2n) is 7.43. The van der Waals surface area contributed by atoms with Crippen LogP contribution in [0.15, 0.2) is 29.9 Å². The summed E-state index contributed by atoms with van der Waals surface area (Å²) in [7, 11) is 0. The van der Waals surface area contributed by atoms with Crippen molar-refractivity contribution in [1.82, 2.24) is 19.8 Å².